The molecule has 1 atom stereocenters. The highest BCUT2D eigenvalue weighted by Crippen LogP contribution is 2.27. The molecule has 84 valence electrons. The Bertz CT molecular complexity index is 595. The molecule has 1 heteroatoms. The van der Waals surface area contributed by atoms with Crippen LogP contribution in [0.5, 0.6) is 0 Å². The van der Waals surface area contributed by atoms with Crippen molar-refractivity contribution in [2.75, 3.05) is 0 Å². The number of ketones is 1. The van der Waals surface area contributed by atoms with Crippen LogP contribution in [0, 0.1) is 0 Å². The first-order chi connectivity index (χ1) is 8.34. The lowest BCUT2D eigenvalue weighted by Gasteiger charge is -2.16. The average molecular weight is 222 g/mol. The summed E-state index contributed by atoms with van der Waals surface area (Å²) in [7, 11) is 0. The van der Waals surface area contributed by atoms with E-state index in [1.807, 2.05) is 18.2 Å². The first kappa shape index (κ1) is 10.3. The summed E-state index contributed by atoms with van der Waals surface area (Å²) in [6, 6.07) is 14.6. The number of benzene rings is 2. The maximum Gasteiger partial charge on any atom is 0.144 e. The lowest BCUT2D eigenvalue weighted by molar-refractivity contribution is -0.119. The molecule has 3 rings (SSSR count). The number of allylic oxidation sites excluding steroid dienone is 2. The van der Waals surface area contributed by atoms with E-state index in [4.69, 9.17) is 0 Å². The molecule has 17 heavy (non-hydrogen) atoms. The van der Waals surface area contributed by atoms with Gasteiger partial charge in [-0.05, 0) is 22.8 Å². The second-order valence-corrected chi connectivity index (χ2v) is 4.52. The average Bonchev–Trinajstić information content (AvgIpc) is 2.39. The normalized spacial score (nSPS) is 19.8. The Kier molecular flexibility index (Phi) is 2.52. The lowest BCUT2D eigenvalue weighted by atomic mass is 9.87. The smallest absolute Gasteiger partial charge is 0.144 e. The van der Waals surface area contributed by atoms with E-state index in [0.29, 0.717) is 12.2 Å². The molecule has 0 radical (unpaired) electrons. The van der Waals surface area contributed by atoms with Crippen LogP contribution in [0.4, 0.5) is 0 Å². The molecule has 2 aromatic carbocycles. The van der Waals surface area contributed by atoms with E-state index < -0.39 is 0 Å². The molecule has 1 nitrogen and oxygen atoms in total. The van der Waals surface area contributed by atoms with Gasteiger partial charge in [0.1, 0.15) is 5.78 Å². The molecular formula is C16H14O. The highest BCUT2D eigenvalue weighted by Gasteiger charge is 2.19. The molecule has 0 aromatic heterocycles. The number of hydrogen-bond acceptors (Lipinski definition) is 1. The van der Waals surface area contributed by atoms with Crippen molar-refractivity contribution in [2.24, 2.45) is 0 Å². The van der Waals surface area contributed by atoms with E-state index in [0.717, 1.165) is 12.0 Å². The van der Waals surface area contributed by atoms with Crippen LogP contribution in [0.15, 0.2) is 54.6 Å². The third-order valence-corrected chi connectivity index (χ3v) is 3.37. The Balaban J connectivity index is 2.08. The van der Waals surface area contributed by atoms with Crippen molar-refractivity contribution in [1.82, 2.24) is 0 Å². The molecule has 1 unspecified atom stereocenters. The summed E-state index contributed by atoms with van der Waals surface area (Å²) >= 11 is 0. The van der Waals surface area contributed by atoms with Gasteiger partial charge >= 0.3 is 0 Å². The first-order valence-corrected chi connectivity index (χ1v) is 6.03. The largest absolute Gasteiger partial charge is 0.299 e. The molecule has 1 aliphatic carbocycles. The summed E-state index contributed by atoms with van der Waals surface area (Å²) in [5, 5.41) is 2.43. The summed E-state index contributed by atoms with van der Waals surface area (Å²) in [6.07, 6.45) is 5.72. The SMILES string of the molecule is O=C1CCC=CC1c1ccc2ccccc2c1. The molecule has 0 bridgehead atoms. The van der Waals surface area contributed by atoms with Gasteiger partial charge < -0.3 is 0 Å². The van der Waals surface area contributed by atoms with E-state index in [2.05, 4.69) is 36.4 Å². The van der Waals surface area contributed by atoms with Crippen molar-refractivity contribution in [3.8, 4) is 0 Å². The predicted molar refractivity (Wildman–Crippen MR) is 70.1 cm³/mol. The summed E-state index contributed by atoms with van der Waals surface area (Å²) < 4.78 is 0. The van der Waals surface area contributed by atoms with Crippen LogP contribution in [0.2, 0.25) is 0 Å². The number of hydrogen-bond donors (Lipinski definition) is 0. The second-order valence-electron chi connectivity index (χ2n) is 4.52. The fourth-order valence-corrected chi connectivity index (χ4v) is 2.42. The molecule has 0 spiro atoms. The standard InChI is InChI=1S/C16H14O/c17-16-8-4-3-7-15(16)14-10-9-12-5-1-2-6-13(12)11-14/h1-3,5-7,9-11,15H,4,8H2. The summed E-state index contributed by atoms with van der Waals surface area (Å²) in [5.41, 5.74) is 1.12. The second kappa shape index (κ2) is 4.17. The van der Waals surface area contributed by atoms with Gasteiger partial charge in [-0.1, -0.05) is 54.6 Å². The third-order valence-electron chi connectivity index (χ3n) is 3.37. The molecule has 0 aliphatic heterocycles. The molecule has 2 aromatic rings. The van der Waals surface area contributed by atoms with Crippen LogP contribution in [-0.4, -0.2) is 5.78 Å². The van der Waals surface area contributed by atoms with Gasteiger partial charge in [0.15, 0.2) is 0 Å². The molecule has 0 saturated heterocycles. The minimum Gasteiger partial charge on any atom is -0.299 e. The van der Waals surface area contributed by atoms with Crippen molar-refractivity contribution >= 4 is 16.6 Å². The van der Waals surface area contributed by atoms with Gasteiger partial charge in [0.2, 0.25) is 0 Å². The van der Waals surface area contributed by atoms with Crippen LogP contribution in [0.3, 0.4) is 0 Å². The Morgan fingerprint density at radius 1 is 1.00 bits per heavy atom. The predicted octanol–water partition coefficient (Wildman–Crippen LogP) is 3.84. The molecule has 1 aliphatic rings. The zero-order chi connectivity index (χ0) is 11.7. The van der Waals surface area contributed by atoms with Crippen LogP contribution in [0.1, 0.15) is 24.3 Å². The summed E-state index contributed by atoms with van der Waals surface area (Å²) in [6.45, 7) is 0. The van der Waals surface area contributed by atoms with E-state index in [9.17, 15) is 4.79 Å². The number of rotatable bonds is 1. The van der Waals surface area contributed by atoms with Crippen molar-refractivity contribution in [2.45, 2.75) is 18.8 Å². The van der Waals surface area contributed by atoms with Crippen molar-refractivity contribution in [3.05, 3.63) is 60.2 Å². The van der Waals surface area contributed by atoms with E-state index >= 15 is 0 Å². The number of carbonyl (C=O) groups excluding carboxylic acids is 1. The molecular weight excluding hydrogens is 208 g/mol. The fourth-order valence-electron chi connectivity index (χ4n) is 2.42. The van der Waals surface area contributed by atoms with E-state index in [1.165, 1.54) is 10.8 Å². The molecule has 0 fully saturated rings. The van der Waals surface area contributed by atoms with Gasteiger partial charge in [-0.15, -0.1) is 0 Å². The van der Waals surface area contributed by atoms with Crippen LogP contribution in [-0.2, 0) is 4.79 Å². The first-order valence-electron chi connectivity index (χ1n) is 6.03. The molecule has 0 amide bonds. The maximum absolute atomic E-state index is 11.9. The van der Waals surface area contributed by atoms with Gasteiger partial charge in [0.25, 0.3) is 0 Å². The van der Waals surface area contributed by atoms with Crippen LogP contribution >= 0.6 is 0 Å². The van der Waals surface area contributed by atoms with Gasteiger partial charge in [0.05, 0.1) is 5.92 Å². The van der Waals surface area contributed by atoms with E-state index in [-0.39, 0.29) is 5.92 Å². The molecule has 0 N–H and O–H groups in total. The lowest BCUT2D eigenvalue weighted by Crippen LogP contribution is -2.12. The Morgan fingerprint density at radius 2 is 1.82 bits per heavy atom. The van der Waals surface area contributed by atoms with Crippen molar-refractivity contribution < 1.29 is 4.79 Å². The van der Waals surface area contributed by atoms with Gasteiger partial charge in [0, 0.05) is 6.42 Å². The zero-order valence-electron chi connectivity index (χ0n) is 9.60. The Labute approximate surface area is 101 Å². The third kappa shape index (κ3) is 1.89. The van der Waals surface area contributed by atoms with Crippen LogP contribution in [0.25, 0.3) is 10.8 Å². The highest BCUT2D eigenvalue weighted by molar-refractivity contribution is 5.91. The van der Waals surface area contributed by atoms with Crippen LogP contribution < -0.4 is 0 Å². The highest BCUT2D eigenvalue weighted by atomic mass is 16.1. The minimum absolute atomic E-state index is 0.0339. The molecule has 0 heterocycles. The van der Waals surface area contributed by atoms with E-state index in [1.54, 1.807) is 0 Å². The molecule has 0 saturated carbocycles. The Morgan fingerprint density at radius 3 is 2.65 bits per heavy atom. The summed E-state index contributed by atoms with van der Waals surface area (Å²) in [5.74, 6) is 0.302. The van der Waals surface area contributed by atoms with Crippen molar-refractivity contribution in [1.29, 1.82) is 0 Å². The quantitative estimate of drug-likeness (QED) is 0.670. The summed E-state index contributed by atoms with van der Waals surface area (Å²) in [4.78, 5) is 11.9. The monoisotopic (exact) mass is 222 g/mol. The van der Waals surface area contributed by atoms with Crippen molar-refractivity contribution in [3.63, 3.8) is 0 Å². The zero-order valence-corrected chi connectivity index (χ0v) is 9.60. The number of carbonyl (C=O) groups is 1. The maximum atomic E-state index is 11.9. The fraction of sp³-hybridized carbons (Fsp3) is 0.188. The number of fused-ring (bicyclic) bond motifs is 1. The van der Waals surface area contributed by atoms with Gasteiger partial charge in [-0.25, -0.2) is 0 Å². The number of Topliss-reactive ketones (excluding diaryl/α,β-unsaturated/α-hetero) is 1. The van der Waals surface area contributed by atoms with Gasteiger partial charge in [-0.3, -0.25) is 4.79 Å². The minimum atomic E-state index is -0.0339. The topological polar surface area (TPSA) is 17.1 Å². The van der Waals surface area contributed by atoms with Gasteiger partial charge in [-0.2, -0.15) is 0 Å². The Hall–Kier alpha value is -1.89.